The molecule has 0 spiro atoms. The van der Waals surface area contributed by atoms with Gasteiger partial charge in [-0.3, -0.25) is 9.69 Å². The van der Waals surface area contributed by atoms with Crippen LogP contribution < -0.4 is 15.4 Å². The first-order valence-corrected chi connectivity index (χ1v) is 12.8. The number of benzene rings is 2. The van der Waals surface area contributed by atoms with E-state index >= 15 is 0 Å². The number of methoxy groups -OCH3 is 1. The van der Waals surface area contributed by atoms with Crippen molar-refractivity contribution in [2.24, 2.45) is 5.92 Å². The Labute approximate surface area is 208 Å². The van der Waals surface area contributed by atoms with Gasteiger partial charge in [0.05, 0.1) is 13.2 Å². The topological polar surface area (TPSA) is 73.9 Å². The molecule has 2 aromatic carbocycles. The van der Waals surface area contributed by atoms with Gasteiger partial charge >= 0.3 is 6.03 Å². The fraction of sp³-hybridized carbons (Fsp3) is 0.500. The molecule has 2 aromatic rings. The molecule has 35 heavy (non-hydrogen) atoms. The Hall–Kier alpha value is -3.06. The number of urea groups is 1. The number of hydrogen-bond donors (Lipinski definition) is 2. The fourth-order valence-corrected chi connectivity index (χ4v) is 5.20. The summed E-state index contributed by atoms with van der Waals surface area (Å²) in [5.41, 5.74) is 2.84. The molecule has 0 bridgehead atoms. The molecule has 0 radical (unpaired) electrons. The molecular formula is C28H38N4O3. The van der Waals surface area contributed by atoms with Gasteiger partial charge < -0.3 is 20.3 Å². The van der Waals surface area contributed by atoms with Gasteiger partial charge in [0.25, 0.3) is 0 Å². The molecule has 2 N–H and O–H groups in total. The van der Waals surface area contributed by atoms with Crippen molar-refractivity contribution in [3.63, 3.8) is 0 Å². The van der Waals surface area contributed by atoms with Gasteiger partial charge in [-0.25, -0.2) is 4.79 Å². The third kappa shape index (κ3) is 6.34. The third-order valence-corrected chi connectivity index (χ3v) is 7.30. The van der Waals surface area contributed by atoms with E-state index in [1.54, 1.807) is 7.11 Å². The highest BCUT2D eigenvalue weighted by atomic mass is 16.5. The van der Waals surface area contributed by atoms with E-state index in [1.807, 2.05) is 41.3 Å². The SMILES string of the molecule is COc1ccc(NC(=O)C(C2CCCC2)N2CCN(C(=O)Nc3ccc(C(C)C)cc3)CC2)cc1. The van der Waals surface area contributed by atoms with Gasteiger partial charge in [0.2, 0.25) is 5.91 Å². The van der Waals surface area contributed by atoms with Gasteiger partial charge in [-0.2, -0.15) is 0 Å². The second-order valence-corrected chi connectivity index (χ2v) is 9.94. The number of nitrogens with zero attached hydrogens (tertiary/aromatic N) is 2. The van der Waals surface area contributed by atoms with Crippen LogP contribution in [0.2, 0.25) is 0 Å². The first-order valence-electron chi connectivity index (χ1n) is 12.8. The van der Waals surface area contributed by atoms with Crippen LogP contribution in [0.3, 0.4) is 0 Å². The quantitative estimate of drug-likeness (QED) is 0.576. The molecule has 1 saturated heterocycles. The zero-order valence-electron chi connectivity index (χ0n) is 21.1. The molecule has 7 heteroatoms. The Bertz CT molecular complexity index is 976. The average Bonchev–Trinajstić information content (AvgIpc) is 3.39. The Kier molecular flexibility index (Phi) is 8.29. The maximum atomic E-state index is 13.4. The van der Waals surface area contributed by atoms with Crippen LogP contribution in [0.4, 0.5) is 16.2 Å². The van der Waals surface area contributed by atoms with Crippen LogP contribution in [0, 0.1) is 5.92 Å². The van der Waals surface area contributed by atoms with E-state index in [4.69, 9.17) is 4.74 Å². The van der Waals surface area contributed by atoms with Crippen LogP contribution in [-0.4, -0.2) is 61.1 Å². The fourth-order valence-electron chi connectivity index (χ4n) is 5.20. The molecule has 188 valence electrons. The van der Waals surface area contributed by atoms with Gasteiger partial charge in [0.1, 0.15) is 5.75 Å². The van der Waals surface area contributed by atoms with Crippen LogP contribution >= 0.6 is 0 Å². The zero-order chi connectivity index (χ0) is 24.8. The summed E-state index contributed by atoms with van der Waals surface area (Å²) < 4.78 is 5.22. The van der Waals surface area contributed by atoms with E-state index in [2.05, 4.69) is 41.5 Å². The summed E-state index contributed by atoms with van der Waals surface area (Å²) in [6.07, 6.45) is 4.51. The summed E-state index contributed by atoms with van der Waals surface area (Å²) in [5.74, 6) is 1.63. The molecular weight excluding hydrogens is 440 g/mol. The summed E-state index contributed by atoms with van der Waals surface area (Å²) in [5, 5.41) is 6.14. The largest absolute Gasteiger partial charge is 0.497 e. The molecule has 1 atom stereocenters. The van der Waals surface area contributed by atoms with Crippen molar-refractivity contribution >= 4 is 23.3 Å². The molecule has 2 aliphatic rings. The highest BCUT2D eigenvalue weighted by Gasteiger charge is 2.37. The van der Waals surface area contributed by atoms with E-state index in [9.17, 15) is 9.59 Å². The van der Waals surface area contributed by atoms with E-state index in [0.29, 0.717) is 38.0 Å². The molecule has 1 saturated carbocycles. The van der Waals surface area contributed by atoms with Crippen molar-refractivity contribution in [1.29, 1.82) is 0 Å². The van der Waals surface area contributed by atoms with Crippen molar-refractivity contribution < 1.29 is 14.3 Å². The van der Waals surface area contributed by atoms with Crippen LogP contribution in [0.25, 0.3) is 0 Å². The highest BCUT2D eigenvalue weighted by molar-refractivity contribution is 5.95. The second kappa shape index (κ2) is 11.6. The minimum atomic E-state index is -0.173. The first kappa shape index (κ1) is 25.0. The van der Waals surface area contributed by atoms with Gasteiger partial charge in [-0.05, 0) is 66.6 Å². The van der Waals surface area contributed by atoms with Crippen molar-refractivity contribution in [2.75, 3.05) is 43.9 Å². The zero-order valence-corrected chi connectivity index (χ0v) is 21.1. The molecule has 2 fully saturated rings. The van der Waals surface area contributed by atoms with Gasteiger partial charge in [0, 0.05) is 37.6 Å². The standard InChI is InChI=1S/C28H38N4O3/c1-20(2)21-8-10-24(11-9-21)30-28(34)32-18-16-31(17-19-32)26(22-6-4-5-7-22)27(33)29-23-12-14-25(35-3)15-13-23/h8-15,20,22,26H,4-7,16-19H2,1-3H3,(H,29,33)(H,30,34). The lowest BCUT2D eigenvalue weighted by molar-refractivity contribution is -0.123. The Balaban J connectivity index is 1.35. The van der Waals surface area contributed by atoms with E-state index in [-0.39, 0.29) is 18.0 Å². The summed E-state index contributed by atoms with van der Waals surface area (Å²) in [6, 6.07) is 15.2. The smallest absolute Gasteiger partial charge is 0.321 e. The monoisotopic (exact) mass is 478 g/mol. The number of rotatable bonds is 7. The molecule has 1 heterocycles. The van der Waals surface area contributed by atoms with Crippen molar-refractivity contribution in [2.45, 2.75) is 51.5 Å². The number of nitrogens with one attached hydrogen (secondary N) is 2. The van der Waals surface area contributed by atoms with Crippen molar-refractivity contribution in [3.8, 4) is 5.75 Å². The van der Waals surface area contributed by atoms with E-state index in [1.165, 1.54) is 18.4 Å². The molecule has 1 aliphatic heterocycles. The Morgan fingerprint density at radius 2 is 1.43 bits per heavy atom. The van der Waals surface area contributed by atoms with Gasteiger partial charge in [0.15, 0.2) is 0 Å². The summed E-state index contributed by atoms with van der Waals surface area (Å²) in [6.45, 7) is 6.91. The second-order valence-electron chi connectivity index (χ2n) is 9.94. The van der Waals surface area contributed by atoms with Crippen LogP contribution in [0.5, 0.6) is 5.75 Å². The summed E-state index contributed by atoms with van der Waals surface area (Å²) in [7, 11) is 1.63. The third-order valence-electron chi connectivity index (χ3n) is 7.30. The Morgan fingerprint density at radius 3 is 2.00 bits per heavy atom. The normalized spacial score (nSPS) is 17.9. The maximum absolute atomic E-state index is 13.4. The molecule has 7 nitrogen and oxygen atoms in total. The van der Waals surface area contributed by atoms with Crippen LogP contribution in [0.15, 0.2) is 48.5 Å². The lowest BCUT2D eigenvalue weighted by atomic mass is 9.95. The van der Waals surface area contributed by atoms with Crippen molar-refractivity contribution in [1.82, 2.24) is 9.80 Å². The number of amides is 3. The number of carbonyl (C=O) groups excluding carboxylic acids is 2. The molecule has 3 amide bonds. The number of anilines is 2. The highest BCUT2D eigenvalue weighted by Crippen LogP contribution is 2.32. The van der Waals surface area contributed by atoms with Crippen LogP contribution in [-0.2, 0) is 4.79 Å². The average molecular weight is 479 g/mol. The van der Waals surface area contributed by atoms with E-state index < -0.39 is 0 Å². The summed E-state index contributed by atoms with van der Waals surface area (Å²) in [4.78, 5) is 30.4. The predicted octanol–water partition coefficient (Wildman–Crippen LogP) is 5.17. The molecule has 1 aliphatic carbocycles. The molecule has 0 aromatic heterocycles. The molecule has 4 rings (SSSR count). The van der Waals surface area contributed by atoms with Gasteiger partial charge in [-0.15, -0.1) is 0 Å². The number of hydrogen-bond acceptors (Lipinski definition) is 4. The van der Waals surface area contributed by atoms with Crippen molar-refractivity contribution in [3.05, 3.63) is 54.1 Å². The lowest BCUT2D eigenvalue weighted by Gasteiger charge is -2.40. The number of carbonyl (C=O) groups is 2. The molecule has 1 unspecified atom stereocenters. The number of piperazine rings is 1. The lowest BCUT2D eigenvalue weighted by Crippen LogP contribution is -2.57. The Morgan fingerprint density at radius 1 is 0.857 bits per heavy atom. The van der Waals surface area contributed by atoms with E-state index in [0.717, 1.165) is 30.0 Å². The maximum Gasteiger partial charge on any atom is 0.321 e. The minimum absolute atomic E-state index is 0.0465. The number of ether oxygens (including phenoxy) is 1. The minimum Gasteiger partial charge on any atom is -0.497 e. The summed E-state index contributed by atoms with van der Waals surface area (Å²) >= 11 is 0. The predicted molar refractivity (Wildman–Crippen MR) is 140 cm³/mol. The van der Waals surface area contributed by atoms with Crippen LogP contribution in [0.1, 0.15) is 51.0 Å². The first-order chi connectivity index (χ1) is 16.9. The van der Waals surface area contributed by atoms with Gasteiger partial charge in [-0.1, -0.05) is 38.8 Å².